The largest absolute Gasteiger partial charge is 0.389 e. The highest BCUT2D eigenvalue weighted by Gasteiger charge is 2.37. The van der Waals surface area contributed by atoms with Gasteiger partial charge in [-0.3, -0.25) is 4.90 Å². The highest BCUT2D eigenvalue weighted by atomic mass is 19.4. The van der Waals surface area contributed by atoms with Crippen LogP contribution < -0.4 is 5.32 Å². The summed E-state index contributed by atoms with van der Waals surface area (Å²) >= 11 is 0. The third-order valence-electron chi connectivity index (χ3n) is 3.48. The Morgan fingerprint density at radius 2 is 1.94 bits per heavy atom. The highest BCUT2D eigenvalue weighted by Crippen LogP contribution is 2.31. The SMILES string of the molecule is N#CCN1CC(CC(F)(F)F)CC(NC2CC2)C1. The molecule has 1 saturated heterocycles. The van der Waals surface area contributed by atoms with Crippen LogP contribution in [-0.4, -0.2) is 42.8 Å². The lowest BCUT2D eigenvalue weighted by Crippen LogP contribution is -2.50. The fourth-order valence-electron chi connectivity index (χ4n) is 2.71. The Morgan fingerprint density at radius 3 is 2.50 bits per heavy atom. The minimum absolute atomic E-state index is 0.104. The molecule has 0 radical (unpaired) electrons. The summed E-state index contributed by atoms with van der Waals surface area (Å²) in [6.45, 7) is 1.30. The van der Waals surface area contributed by atoms with Crippen LogP contribution in [0.1, 0.15) is 25.7 Å². The van der Waals surface area contributed by atoms with Crippen molar-refractivity contribution in [3.8, 4) is 6.07 Å². The number of nitrogens with zero attached hydrogens (tertiary/aromatic N) is 2. The summed E-state index contributed by atoms with van der Waals surface area (Å²) in [5, 5.41) is 12.1. The Hall–Kier alpha value is -0.800. The minimum atomic E-state index is -4.11. The van der Waals surface area contributed by atoms with Gasteiger partial charge in [-0.25, -0.2) is 0 Å². The highest BCUT2D eigenvalue weighted by molar-refractivity contribution is 4.92. The van der Waals surface area contributed by atoms with Crippen molar-refractivity contribution in [1.29, 1.82) is 5.26 Å². The molecular weight excluding hydrogens is 243 g/mol. The van der Waals surface area contributed by atoms with Gasteiger partial charge in [0.15, 0.2) is 0 Å². The van der Waals surface area contributed by atoms with E-state index < -0.39 is 12.6 Å². The average molecular weight is 261 g/mol. The summed E-state index contributed by atoms with van der Waals surface area (Å²) < 4.78 is 37.4. The molecule has 1 heterocycles. The van der Waals surface area contributed by atoms with E-state index in [1.54, 1.807) is 0 Å². The number of hydrogen-bond donors (Lipinski definition) is 1. The van der Waals surface area contributed by atoms with E-state index in [0.29, 0.717) is 25.6 Å². The summed E-state index contributed by atoms with van der Waals surface area (Å²) in [6, 6.07) is 2.62. The Morgan fingerprint density at radius 1 is 1.22 bits per heavy atom. The minimum Gasteiger partial charge on any atom is -0.310 e. The molecule has 2 atom stereocenters. The molecule has 0 aromatic carbocycles. The topological polar surface area (TPSA) is 39.1 Å². The third-order valence-corrected chi connectivity index (χ3v) is 3.48. The molecule has 1 aliphatic carbocycles. The zero-order valence-corrected chi connectivity index (χ0v) is 10.2. The van der Waals surface area contributed by atoms with Crippen LogP contribution in [-0.2, 0) is 0 Å². The zero-order valence-electron chi connectivity index (χ0n) is 10.2. The van der Waals surface area contributed by atoms with Crippen molar-refractivity contribution in [3.05, 3.63) is 0 Å². The molecule has 1 N–H and O–H groups in total. The average Bonchev–Trinajstić information content (AvgIpc) is 2.98. The number of piperidine rings is 1. The summed E-state index contributed by atoms with van der Waals surface area (Å²) in [5.74, 6) is -0.386. The van der Waals surface area contributed by atoms with Gasteiger partial charge in [-0.2, -0.15) is 18.4 Å². The Bertz CT molecular complexity index is 320. The van der Waals surface area contributed by atoms with Crippen LogP contribution in [0.15, 0.2) is 0 Å². The Kier molecular flexibility index (Phi) is 4.13. The molecule has 0 aromatic heterocycles. The van der Waals surface area contributed by atoms with E-state index >= 15 is 0 Å². The number of nitriles is 1. The maximum atomic E-state index is 12.5. The van der Waals surface area contributed by atoms with Crippen molar-refractivity contribution >= 4 is 0 Å². The molecule has 0 bridgehead atoms. The molecule has 0 aromatic rings. The van der Waals surface area contributed by atoms with Crippen molar-refractivity contribution in [2.75, 3.05) is 19.6 Å². The third kappa shape index (κ3) is 4.46. The predicted octanol–water partition coefficient (Wildman–Crippen LogP) is 1.90. The van der Waals surface area contributed by atoms with E-state index in [-0.39, 0.29) is 18.5 Å². The monoisotopic (exact) mass is 261 g/mol. The second kappa shape index (κ2) is 5.45. The van der Waals surface area contributed by atoms with Crippen LogP contribution in [0, 0.1) is 17.2 Å². The van der Waals surface area contributed by atoms with Crippen LogP contribution >= 0.6 is 0 Å². The molecule has 1 aliphatic heterocycles. The smallest absolute Gasteiger partial charge is 0.310 e. The number of hydrogen-bond acceptors (Lipinski definition) is 3. The number of alkyl halides is 3. The second-order valence-corrected chi connectivity index (χ2v) is 5.41. The Balaban J connectivity index is 1.90. The molecule has 2 aliphatic rings. The van der Waals surface area contributed by atoms with Crippen molar-refractivity contribution < 1.29 is 13.2 Å². The number of halogens is 3. The summed E-state index contributed by atoms with van der Waals surface area (Å²) in [4.78, 5) is 1.83. The van der Waals surface area contributed by atoms with Crippen LogP contribution in [0.3, 0.4) is 0 Å². The molecule has 1 saturated carbocycles. The van der Waals surface area contributed by atoms with Gasteiger partial charge in [0.05, 0.1) is 12.6 Å². The summed E-state index contributed by atoms with van der Waals surface area (Å²) in [7, 11) is 0. The van der Waals surface area contributed by atoms with E-state index in [4.69, 9.17) is 5.26 Å². The number of rotatable bonds is 4. The summed E-state index contributed by atoms with van der Waals surface area (Å²) in [5.41, 5.74) is 0. The quantitative estimate of drug-likeness (QED) is 0.786. The lowest BCUT2D eigenvalue weighted by Gasteiger charge is -2.37. The molecule has 18 heavy (non-hydrogen) atoms. The van der Waals surface area contributed by atoms with Gasteiger partial charge in [0.2, 0.25) is 0 Å². The van der Waals surface area contributed by atoms with Gasteiger partial charge in [-0.05, 0) is 25.2 Å². The van der Waals surface area contributed by atoms with Gasteiger partial charge in [0.25, 0.3) is 0 Å². The first-order chi connectivity index (χ1) is 8.46. The van der Waals surface area contributed by atoms with Gasteiger partial charge in [0.1, 0.15) is 0 Å². The Labute approximate surface area is 105 Å². The van der Waals surface area contributed by atoms with E-state index in [1.807, 2.05) is 11.0 Å². The van der Waals surface area contributed by atoms with Gasteiger partial charge in [-0.1, -0.05) is 0 Å². The number of nitrogens with one attached hydrogen (secondary N) is 1. The summed E-state index contributed by atoms with van der Waals surface area (Å²) in [6.07, 6.45) is -2.03. The molecular formula is C12H18F3N3. The molecule has 3 nitrogen and oxygen atoms in total. The lowest BCUT2D eigenvalue weighted by molar-refractivity contribution is -0.148. The molecule has 0 amide bonds. The first-order valence-corrected chi connectivity index (χ1v) is 6.38. The lowest BCUT2D eigenvalue weighted by atomic mass is 9.91. The molecule has 0 spiro atoms. The molecule has 2 rings (SSSR count). The van der Waals surface area contributed by atoms with E-state index in [0.717, 1.165) is 12.8 Å². The predicted molar refractivity (Wildman–Crippen MR) is 60.8 cm³/mol. The van der Waals surface area contributed by atoms with Gasteiger partial charge in [0, 0.05) is 31.6 Å². The van der Waals surface area contributed by atoms with Gasteiger partial charge in [-0.15, -0.1) is 0 Å². The standard InChI is InChI=1S/C12H18F3N3/c13-12(14,15)6-9-5-11(17-10-1-2-10)8-18(7-9)4-3-16/h9-11,17H,1-2,4-8H2. The fourth-order valence-corrected chi connectivity index (χ4v) is 2.71. The zero-order chi connectivity index (χ0) is 13.2. The van der Waals surface area contributed by atoms with Crippen molar-refractivity contribution in [2.24, 2.45) is 5.92 Å². The van der Waals surface area contributed by atoms with E-state index in [2.05, 4.69) is 5.32 Å². The fraction of sp³-hybridized carbons (Fsp3) is 0.917. The van der Waals surface area contributed by atoms with Crippen molar-refractivity contribution in [3.63, 3.8) is 0 Å². The molecule has 2 fully saturated rings. The maximum absolute atomic E-state index is 12.5. The van der Waals surface area contributed by atoms with Crippen LogP contribution in [0.25, 0.3) is 0 Å². The maximum Gasteiger partial charge on any atom is 0.389 e. The van der Waals surface area contributed by atoms with Crippen molar-refractivity contribution in [2.45, 2.75) is 43.9 Å². The van der Waals surface area contributed by atoms with Gasteiger partial charge >= 0.3 is 6.18 Å². The normalized spacial score (nSPS) is 30.1. The van der Waals surface area contributed by atoms with E-state index in [9.17, 15) is 13.2 Å². The first kappa shape index (κ1) is 13.6. The number of likely N-dealkylation sites (tertiary alicyclic amines) is 1. The van der Waals surface area contributed by atoms with E-state index in [1.165, 1.54) is 0 Å². The van der Waals surface area contributed by atoms with Crippen LogP contribution in [0.5, 0.6) is 0 Å². The molecule has 102 valence electrons. The van der Waals surface area contributed by atoms with Gasteiger partial charge < -0.3 is 5.32 Å². The van der Waals surface area contributed by atoms with Crippen LogP contribution in [0.2, 0.25) is 0 Å². The first-order valence-electron chi connectivity index (χ1n) is 6.38. The second-order valence-electron chi connectivity index (χ2n) is 5.41. The molecule has 6 heteroatoms. The van der Waals surface area contributed by atoms with Crippen LogP contribution in [0.4, 0.5) is 13.2 Å². The van der Waals surface area contributed by atoms with Crippen molar-refractivity contribution in [1.82, 2.24) is 10.2 Å². The molecule has 2 unspecified atom stereocenters.